The molecule has 0 spiro atoms. The van der Waals surface area contributed by atoms with Gasteiger partial charge in [0.2, 0.25) is 0 Å². The fraction of sp³-hybridized carbons (Fsp3) is 0.429. The van der Waals surface area contributed by atoms with Gasteiger partial charge in [0.15, 0.2) is 0 Å². The molecule has 2 heteroatoms. The third kappa shape index (κ3) is 1.63. The van der Waals surface area contributed by atoms with Crippen molar-refractivity contribution in [3.8, 4) is 0 Å². The van der Waals surface area contributed by atoms with Crippen molar-refractivity contribution in [3.05, 3.63) is 46.7 Å². The van der Waals surface area contributed by atoms with Crippen LogP contribution in [0.2, 0.25) is 0 Å². The van der Waals surface area contributed by atoms with Crippen LogP contribution in [0.25, 0.3) is 0 Å². The smallest absolute Gasteiger partial charge is 0.113 e. The second kappa shape index (κ2) is 3.95. The van der Waals surface area contributed by atoms with Crippen molar-refractivity contribution in [1.82, 2.24) is 0 Å². The average molecular weight is 215 g/mol. The molecule has 0 saturated carbocycles. The van der Waals surface area contributed by atoms with Crippen molar-refractivity contribution in [2.45, 2.75) is 31.7 Å². The third-order valence-electron chi connectivity index (χ3n) is 3.52. The predicted molar refractivity (Wildman–Crippen MR) is 64.0 cm³/mol. The molecule has 1 aromatic rings. The van der Waals surface area contributed by atoms with Crippen LogP contribution in [-0.4, -0.2) is 6.61 Å². The van der Waals surface area contributed by atoms with Gasteiger partial charge in [-0.05, 0) is 42.0 Å². The van der Waals surface area contributed by atoms with Gasteiger partial charge in [0.1, 0.15) is 5.76 Å². The molecule has 0 bridgehead atoms. The Labute approximate surface area is 96.1 Å². The molecule has 2 N–H and O–H groups in total. The average Bonchev–Trinajstić information content (AvgIpc) is 2.98. The van der Waals surface area contributed by atoms with Gasteiger partial charge in [0.25, 0.3) is 0 Å². The summed E-state index contributed by atoms with van der Waals surface area (Å²) in [6, 6.07) is 6.56. The van der Waals surface area contributed by atoms with Gasteiger partial charge in [0, 0.05) is 6.42 Å². The van der Waals surface area contributed by atoms with Gasteiger partial charge in [-0.3, -0.25) is 0 Å². The van der Waals surface area contributed by atoms with E-state index >= 15 is 0 Å². The summed E-state index contributed by atoms with van der Waals surface area (Å²) in [5.41, 5.74) is 10.4. The highest BCUT2D eigenvalue weighted by molar-refractivity contribution is 5.38. The summed E-state index contributed by atoms with van der Waals surface area (Å²) >= 11 is 0. The molecule has 3 rings (SSSR count). The van der Waals surface area contributed by atoms with E-state index in [2.05, 4.69) is 24.3 Å². The minimum Gasteiger partial charge on any atom is -0.496 e. The summed E-state index contributed by atoms with van der Waals surface area (Å²) in [5.74, 6) is 0.943. The Morgan fingerprint density at radius 3 is 2.88 bits per heavy atom. The van der Waals surface area contributed by atoms with E-state index in [4.69, 9.17) is 10.5 Å². The molecule has 0 radical (unpaired) electrons. The third-order valence-corrected chi connectivity index (χ3v) is 3.52. The van der Waals surface area contributed by atoms with E-state index < -0.39 is 0 Å². The van der Waals surface area contributed by atoms with Crippen LogP contribution < -0.4 is 5.73 Å². The Hall–Kier alpha value is -1.28. The van der Waals surface area contributed by atoms with Crippen LogP contribution in [0.5, 0.6) is 0 Å². The molecule has 2 aliphatic rings. The fourth-order valence-electron chi connectivity index (χ4n) is 2.60. The zero-order valence-corrected chi connectivity index (χ0v) is 9.41. The van der Waals surface area contributed by atoms with Crippen molar-refractivity contribution < 1.29 is 4.74 Å². The van der Waals surface area contributed by atoms with Gasteiger partial charge in [-0.15, -0.1) is 0 Å². The summed E-state index contributed by atoms with van der Waals surface area (Å²) in [7, 11) is 0. The maximum Gasteiger partial charge on any atom is 0.113 e. The largest absolute Gasteiger partial charge is 0.496 e. The topological polar surface area (TPSA) is 35.2 Å². The quantitative estimate of drug-likeness (QED) is 0.822. The normalized spacial score (nSPS) is 20.2. The van der Waals surface area contributed by atoms with Crippen molar-refractivity contribution in [1.29, 1.82) is 0 Å². The number of aryl methyl sites for hydroxylation is 2. The van der Waals surface area contributed by atoms with Gasteiger partial charge in [-0.2, -0.15) is 0 Å². The van der Waals surface area contributed by atoms with Gasteiger partial charge < -0.3 is 10.5 Å². The zero-order valence-electron chi connectivity index (χ0n) is 9.41. The molecule has 1 unspecified atom stereocenters. The van der Waals surface area contributed by atoms with Crippen LogP contribution in [0.4, 0.5) is 0 Å². The van der Waals surface area contributed by atoms with Crippen LogP contribution >= 0.6 is 0 Å². The number of hydrogen-bond acceptors (Lipinski definition) is 2. The van der Waals surface area contributed by atoms with Crippen molar-refractivity contribution in [2.24, 2.45) is 5.73 Å². The monoisotopic (exact) mass is 215 g/mol. The maximum absolute atomic E-state index is 6.20. The highest BCUT2D eigenvalue weighted by atomic mass is 16.5. The lowest BCUT2D eigenvalue weighted by molar-refractivity contribution is 0.225. The minimum atomic E-state index is -0.0756. The fourth-order valence-corrected chi connectivity index (χ4v) is 2.60. The van der Waals surface area contributed by atoms with Gasteiger partial charge in [-0.1, -0.05) is 18.2 Å². The van der Waals surface area contributed by atoms with E-state index in [-0.39, 0.29) is 6.04 Å². The first-order chi connectivity index (χ1) is 7.84. The first-order valence-corrected chi connectivity index (χ1v) is 6.05. The Balaban J connectivity index is 1.89. The lowest BCUT2D eigenvalue weighted by Gasteiger charge is -2.14. The number of ether oxygens (including phenoxy) is 1. The van der Waals surface area contributed by atoms with Crippen LogP contribution in [0.15, 0.2) is 30.0 Å². The number of nitrogens with two attached hydrogens (primary N) is 1. The number of hydrogen-bond donors (Lipinski definition) is 1. The van der Waals surface area contributed by atoms with Crippen LogP contribution in [0.3, 0.4) is 0 Å². The first kappa shape index (κ1) is 9.91. The highest BCUT2D eigenvalue weighted by Gasteiger charge is 2.19. The van der Waals surface area contributed by atoms with E-state index in [0.29, 0.717) is 0 Å². The Bertz CT molecular complexity index is 436. The molecule has 1 aliphatic heterocycles. The van der Waals surface area contributed by atoms with E-state index in [1.54, 1.807) is 0 Å². The van der Waals surface area contributed by atoms with E-state index in [1.807, 2.05) is 0 Å². The van der Waals surface area contributed by atoms with Crippen LogP contribution in [0.1, 0.15) is 35.6 Å². The molecule has 16 heavy (non-hydrogen) atoms. The van der Waals surface area contributed by atoms with E-state index in [1.165, 1.54) is 36.0 Å². The lowest BCUT2D eigenvalue weighted by Crippen LogP contribution is -2.13. The van der Waals surface area contributed by atoms with Crippen LogP contribution in [-0.2, 0) is 17.6 Å². The van der Waals surface area contributed by atoms with Crippen LogP contribution in [0, 0.1) is 0 Å². The number of benzene rings is 1. The molecule has 0 aromatic heterocycles. The summed E-state index contributed by atoms with van der Waals surface area (Å²) < 4.78 is 5.52. The second-order valence-electron chi connectivity index (χ2n) is 4.60. The Morgan fingerprint density at radius 2 is 2.06 bits per heavy atom. The standard InChI is InChI=1S/C14H17NO/c15-14(13-5-2-8-16-13)12-7-6-10-3-1-4-11(10)9-12/h5-7,9,14H,1-4,8,15H2. The Morgan fingerprint density at radius 1 is 1.19 bits per heavy atom. The van der Waals surface area contributed by atoms with Gasteiger partial charge in [0.05, 0.1) is 12.6 Å². The molecule has 1 aliphatic carbocycles. The molecule has 0 saturated heterocycles. The molecule has 84 valence electrons. The first-order valence-electron chi connectivity index (χ1n) is 6.05. The summed E-state index contributed by atoms with van der Waals surface area (Å²) in [4.78, 5) is 0. The van der Waals surface area contributed by atoms with Gasteiger partial charge >= 0.3 is 0 Å². The van der Waals surface area contributed by atoms with Crippen molar-refractivity contribution in [2.75, 3.05) is 6.61 Å². The second-order valence-corrected chi connectivity index (χ2v) is 4.60. The van der Waals surface area contributed by atoms with Crippen molar-refractivity contribution >= 4 is 0 Å². The molecule has 2 nitrogen and oxygen atoms in total. The Kier molecular flexibility index (Phi) is 2.44. The summed E-state index contributed by atoms with van der Waals surface area (Å²) in [6.45, 7) is 0.786. The van der Waals surface area contributed by atoms with Crippen molar-refractivity contribution in [3.63, 3.8) is 0 Å². The SMILES string of the molecule is NC(C1=CCCO1)c1ccc2c(c1)CCC2. The molecule has 0 amide bonds. The van der Waals surface area contributed by atoms with Gasteiger partial charge in [-0.25, -0.2) is 0 Å². The predicted octanol–water partition coefficient (Wildman–Crippen LogP) is 2.48. The summed E-state index contributed by atoms with van der Waals surface area (Å²) in [6.07, 6.45) is 6.82. The molecule has 1 atom stereocenters. The van der Waals surface area contributed by atoms with E-state index in [0.717, 1.165) is 18.8 Å². The minimum absolute atomic E-state index is 0.0756. The number of fused-ring (bicyclic) bond motifs is 1. The number of rotatable bonds is 2. The lowest BCUT2D eigenvalue weighted by atomic mass is 10.0. The highest BCUT2D eigenvalue weighted by Crippen LogP contribution is 2.29. The molecule has 0 fully saturated rings. The molecular weight excluding hydrogens is 198 g/mol. The zero-order chi connectivity index (χ0) is 11.0. The molecular formula is C14H17NO. The molecule has 1 aromatic carbocycles. The molecule has 1 heterocycles. The maximum atomic E-state index is 6.20. The summed E-state index contributed by atoms with van der Waals surface area (Å²) in [5, 5.41) is 0. The van der Waals surface area contributed by atoms with E-state index in [9.17, 15) is 0 Å².